The molecule has 0 spiro atoms. The van der Waals surface area contributed by atoms with Gasteiger partial charge in [0.15, 0.2) is 6.29 Å². The van der Waals surface area contributed by atoms with Crippen LogP contribution >= 0.6 is 0 Å². The second-order valence-corrected chi connectivity index (χ2v) is 4.70. The Morgan fingerprint density at radius 3 is 2.19 bits per heavy atom. The minimum absolute atomic E-state index is 0.0394. The zero-order valence-electron chi connectivity index (χ0n) is 10.8. The van der Waals surface area contributed by atoms with E-state index in [-0.39, 0.29) is 11.7 Å². The van der Waals surface area contributed by atoms with Gasteiger partial charge in [-0.1, -0.05) is 20.8 Å². The van der Waals surface area contributed by atoms with Crippen molar-refractivity contribution in [3.8, 4) is 0 Å². The molecule has 1 N–H and O–H groups in total. The molecule has 1 heterocycles. The van der Waals surface area contributed by atoms with Gasteiger partial charge in [0.05, 0.1) is 11.4 Å². The molecule has 4 heteroatoms. The molecule has 1 aromatic rings. The van der Waals surface area contributed by atoms with E-state index in [1.807, 2.05) is 19.9 Å². The average molecular weight is 226 g/mol. The van der Waals surface area contributed by atoms with Crippen molar-refractivity contribution in [1.29, 1.82) is 0 Å². The van der Waals surface area contributed by atoms with Crippen LogP contribution in [0.3, 0.4) is 0 Å². The second kappa shape index (κ2) is 5.46. The summed E-state index contributed by atoms with van der Waals surface area (Å²) in [4.78, 5) is 0. The average Bonchev–Trinajstić information content (AvgIpc) is 2.65. The molecule has 92 valence electrons. The molecule has 0 saturated carbocycles. The lowest BCUT2D eigenvalue weighted by molar-refractivity contribution is -0.142. The lowest BCUT2D eigenvalue weighted by Crippen LogP contribution is -2.11. The fourth-order valence-corrected chi connectivity index (χ4v) is 1.37. The minimum Gasteiger partial charge on any atom is -0.347 e. The molecule has 0 atom stereocenters. The van der Waals surface area contributed by atoms with Crippen molar-refractivity contribution in [3.63, 3.8) is 0 Å². The van der Waals surface area contributed by atoms with Gasteiger partial charge in [0.1, 0.15) is 0 Å². The number of nitrogens with zero attached hydrogens (tertiary/aromatic N) is 1. The normalized spacial score (nSPS) is 12.4. The van der Waals surface area contributed by atoms with Crippen LogP contribution in [0, 0.1) is 0 Å². The van der Waals surface area contributed by atoms with Crippen LogP contribution in [0.25, 0.3) is 0 Å². The maximum Gasteiger partial charge on any atom is 0.200 e. The van der Waals surface area contributed by atoms with E-state index in [4.69, 9.17) is 9.47 Å². The van der Waals surface area contributed by atoms with Crippen LogP contribution in [0.2, 0.25) is 0 Å². The molecule has 0 bridgehead atoms. The summed E-state index contributed by atoms with van der Waals surface area (Å²) in [5.74, 6) is 0. The van der Waals surface area contributed by atoms with Crippen LogP contribution in [0.4, 0.5) is 0 Å². The van der Waals surface area contributed by atoms with Crippen LogP contribution in [-0.4, -0.2) is 23.4 Å². The summed E-state index contributed by atoms with van der Waals surface area (Å²) in [6, 6.07) is 2.01. The maximum absolute atomic E-state index is 5.50. The molecule has 0 aromatic carbocycles. The van der Waals surface area contributed by atoms with Crippen molar-refractivity contribution in [2.24, 2.45) is 0 Å². The lowest BCUT2D eigenvalue weighted by Gasteiger charge is -2.15. The van der Waals surface area contributed by atoms with E-state index in [9.17, 15) is 0 Å². The van der Waals surface area contributed by atoms with Crippen molar-refractivity contribution in [1.82, 2.24) is 10.2 Å². The van der Waals surface area contributed by atoms with E-state index >= 15 is 0 Å². The number of rotatable bonds is 5. The van der Waals surface area contributed by atoms with Crippen molar-refractivity contribution in [2.45, 2.75) is 46.3 Å². The number of H-pyrrole nitrogens is 1. The zero-order valence-corrected chi connectivity index (χ0v) is 10.8. The molecule has 0 amide bonds. The Bertz CT molecular complexity index is 309. The van der Waals surface area contributed by atoms with Crippen LogP contribution in [0.15, 0.2) is 6.07 Å². The first-order valence-corrected chi connectivity index (χ1v) is 5.78. The van der Waals surface area contributed by atoms with Crippen molar-refractivity contribution in [3.05, 3.63) is 17.5 Å². The molecule has 0 aliphatic heterocycles. The quantitative estimate of drug-likeness (QED) is 0.785. The van der Waals surface area contributed by atoms with Gasteiger partial charge in [-0.3, -0.25) is 5.10 Å². The fourth-order valence-electron chi connectivity index (χ4n) is 1.37. The third kappa shape index (κ3) is 3.32. The summed E-state index contributed by atoms with van der Waals surface area (Å²) < 4.78 is 11.0. The molecule has 16 heavy (non-hydrogen) atoms. The van der Waals surface area contributed by atoms with Crippen LogP contribution in [0.1, 0.15) is 52.3 Å². The molecule has 0 aliphatic carbocycles. The smallest absolute Gasteiger partial charge is 0.200 e. The molecule has 0 radical (unpaired) electrons. The Kier molecular flexibility index (Phi) is 4.50. The number of hydrogen-bond acceptors (Lipinski definition) is 3. The summed E-state index contributed by atoms with van der Waals surface area (Å²) >= 11 is 0. The summed E-state index contributed by atoms with van der Waals surface area (Å²) in [5, 5.41) is 7.27. The molecular formula is C12H22N2O2. The first-order chi connectivity index (χ1) is 7.49. The Hall–Kier alpha value is -0.870. The van der Waals surface area contributed by atoms with Gasteiger partial charge in [-0.15, -0.1) is 0 Å². The molecule has 1 aromatic heterocycles. The van der Waals surface area contributed by atoms with Gasteiger partial charge in [0.2, 0.25) is 0 Å². The predicted octanol–water partition coefficient (Wildman–Crippen LogP) is 2.78. The third-order valence-electron chi connectivity index (χ3n) is 2.26. The Morgan fingerprint density at radius 2 is 1.81 bits per heavy atom. The Morgan fingerprint density at radius 1 is 1.25 bits per heavy atom. The monoisotopic (exact) mass is 226 g/mol. The van der Waals surface area contributed by atoms with E-state index in [0.29, 0.717) is 13.2 Å². The van der Waals surface area contributed by atoms with Crippen LogP contribution < -0.4 is 0 Å². The van der Waals surface area contributed by atoms with Gasteiger partial charge in [-0.05, 0) is 19.9 Å². The standard InChI is InChI=1S/C12H22N2O2/c1-6-15-11(16-7-2)9-8-10(14-13-9)12(3,4)5/h8,11H,6-7H2,1-5H3,(H,13,14). The number of ether oxygens (including phenoxy) is 2. The van der Waals surface area contributed by atoms with Crippen molar-refractivity contribution >= 4 is 0 Å². The minimum atomic E-state index is -0.335. The van der Waals surface area contributed by atoms with Crippen LogP contribution in [-0.2, 0) is 14.9 Å². The molecule has 0 aliphatic rings. The van der Waals surface area contributed by atoms with Crippen molar-refractivity contribution in [2.75, 3.05) is 13.2 Å². The van der Waals surface area contributed by atoms with E-state index in [0.717, 1.165) is 11.4 Å². The van der Waals surface area contributed by atoms with E-state index < -0.39 is 0 Å². The lowest BCUT2D eigenvalue weighted by atomic mass is 9.92. The van der Waals surface area contributed by atoms with Gasteiger partial charge < -0.3 is 9.47 Å². The van der Waals surface area contributed by atoms with Gasteiger partial charge >= 0.3 is 0 Å². The SMILES string of the molecule is CCOC(OCC)c1cc(C(C)(C)C)n[nH]1. The van der Waals surface area contributed by atoms with Gasteiger partial charge in [-0.2, -0.15) is 5.10 Å². The van der Waals surface area contributed by atoms with Crippen molar-refractivity contribution < 1.29 is 9.47 Å². The maximum atomic E-state index is 5.50. The summed E-state index contributed by atoms with van der Waals surface area (Å²) in [5.41, 5.74) is 1.94. The van der Waals surface area contributed by atoms with E-state index in [1.54, 1.807) is 0 Å². The molecule has 0 unspecified atom stereocenters. The summed E-state index contributed by atoms with van der Waals surface area (Å²) in [7, 11) is 0. The van der Waals surface area contributed by atoms with Gasteiger partial charge in [0, 0.05) is 18.6 Å². The number of nitrogens with one attached hydrogen (secondary N) is 1. The predicted molar refractivity (Wildman–Crippen MR) is 63.3 cm³/mol. The largest absolute Gasteiger partial charge is 0.347 e. The highest BCUT2D eigenvalue weighted by Crippen LogP contribution is 2.24. The molecule has 1 rings (SSSR count). The van der Waals surface area contributed by atoms with Crippen LogP contribution in [0.5, 0.6) is 0 Å². The molecular weight excluding hydrogens is 204 g/mol. The topological polar surface area (TPSA) is 47.1 Å². The highest BCUT2D eigenvalue weighted by Gasteiger charge is 2.21. The number of aromatic amines is 1. The first-order valence-electron chi connectivity index (χ1n) is 5.78. The number of aromatic nitrogens is 2. The van der Waals surface area contributed by atoms with E-state index in [2.05, 4.69) is 31.0 Å². The van der Waals surface area contributed by atoms with E-state index in [1.165, 1.54) is 0 Å². The van der Waals surface area contributed by atoms with Gasteiger partial charge in [0.25, 0.3) is 0 Å². The summed E-state index contributed by atoms with van der Waals surface area (Å²) in [6.45, 7) is 11.5. The second-order valence-electron chi connectivity index (χ2n) is 4.70. The zero-order chi connectivity index (χ0) is 12.2. The molecule has 0 fully saturated rings. The first kappa shape index (κ1) is 13.2. The molecule has 4 nitrogen and oxygen atoms in total. The Labute approximate surface area is 97.3 Å². The molecule has 0 saturated heterocycles. The number of hydrogen-bond donors (Lipinski definition) is 1. The Balaban J connectivity index is 2.81. The highest BCUT2D eigenvalue weighted by molar-refractivity contribution is 5.17. The van der Waals surface area contributed by atoms with Gasteiger partial charge in [-0.25, -0.2) is 0 Å². The summed E-state index contributed by atoms with van der Waals surface area (Å²) in [6.07, 6.45) is -0.335. The highest BCUT2D eigenvalue weighted by atomic mass is 16.7. The fraction of sp³-hybridized carbons (Fsp3) is 0.750. The third-order valence-corrected chi connectivity index (χ3v) is 2.26.